The van der Waals surface area contributed by atoms with Crippen molar-refractivity contribution >= 4 is 40.5 Å². The van der Waals surface area contributed by atoms with Gasteiger partial charge in [0.25, 0.3) is 11.6 Å². The second-order valence-corrected chi connectivity index (χ2v) is 7.28. The zero-order valence-corrected chi connectivity index (χ0v) is 16.5. The Morgan fingerprint density at radius 3 is 2.53 bits per heavy atom. The van der Waals surface area contributed by atoms with Gasteiger partial charge in [-0.05, 0) is 39.0 Å². The summed E-state index contributed by atoms with van der Waals surface area (Å²) in [6, 6.07) is 10.1. The third-order valence-electron chi connectivity index (χ3n) is 4.83. The number of nitrogen functional groups attached to an aromatic ring is 1. The Morgan fingerprint density at radius 1 is 1.23 bits per heavy atom. The fraction of sp³-hybridized carbons (Fsp3) is 0.250. The molecule has 156 valence electrons. The number of carbonyl (C=O) groups excluding carboxylic acids is 3. The highest BCUT2D eigenvalue weighted by Gasteiger charge is 2.45. The minimum atomic E-state index is -1.25. The van der Waals surface area contributed by atoms with Crippen LogP contribution in [0.3, 0.4) is 0 Å². The summed E-state index contributed by atoms with van der Waals surface area (Å²) >= 11 is 0. The normalized spacial score (nSPS) is 15.6. The molecule has 0 fully saturated rings. The van der Waals surface area contributed by atoms with Crippen LogP contribution in [0, 0.1) is 10.1 Å². The van der Waals surface area contributed by atoms with E-state index in [0.717, 1.165) is 12.1 Å². The van der Waals surface area contributed by atoms with Gasteiger partial charge >= 0.3 is 5.97 Å². The number of nitrogens with two attached hydrogens (primary N) is 1. The predicted molar refractivity (Wildman–Crippen MR) is 109 cm³/mol. The first-order valence-electron chi connectivity index (χ1n) is 9.03. The number of ether oxygens (including phenoxy) is 1. The molecule has 0 bridgehead atoms. The van der Waals surface area contributed by atoms with Crippen LogP contribution in [-0.2, 0) is 14.3 Å². The van der Waals surface area contributed by atoms with Crippen molar-refractivity contribution in [3.63, 3.8) is 0 Å². The van der Waals surface area contributed by atoms with Crippen LogP contribution in [0.2, 0.25) is 0 Å². The van der Waals surface area contributed by atoms with Crippen molar-refractivity contribution in [3.8, 4) is 0 Å². The van der Waals surface area contributed by atoms with E-state index in [1.54, 1.807) is 38.1 Å². The molecule has 0 saturated heterocycles. The van der Waals surface area contributed by atoms with Gasteiger partial charge in [-0.15, -0.1) is 0 Å². The number of nitro benzene ring substituents is 1. The number of carbonyl (C=O) groups is 3. The number of anilines is 3. The lowest BCUT2D eigenvalue weighted by molar-refractivity contribution is -0.384. The number of para-hydroxylation sites is 2. The number of hydrogen-bond donors (Lipinski definition) is 2. The molecule has 0 radical (unpaired) electrons. The number of non-ortho nitro benzene ring substituents is 1. The number of fused-ring (bicyclic) bond motifs is 1. The molecule has 0 aromatic heterocycles. The molecule has 2 amide bonds. The molecular formula is C20H20N4O6. The number of nitrogens with one attached hydrogen (secondary N) is 1. The number of rotatable bonds is 4. The zero-order chi connectivity index (χ0) is 22.2. The van der Waals surface area contributed by atoms with Crippen LogP contribution in [-0.4, -0.2) is 34.3 Å². The lowest BCUT2D eigenvalue weighted by Crippen LogP contribution is -2.60. The van der Waals surface area contributed by atoms with Gasteiger partial charge < -0.3 is 15.8 Å². The monoisotopic (exact) mass is 412 g/mol. The molecule has 0 saturated carbocycles. The maximum Gasteiger partial charge on any atom is 0.341 e. The van der Waals surface area contributed by atoms with Gasteiger partial charge in [-0.1, -0.05) is 12.1 Å². The first kappa shape index (κ1) is 20.8. The van der Waals surface area contributed by atoms with Crippen molar-refractivity contribution < 1.29 is 24.0 Å². The van der Waals surface area contributed by atoms with E-state index in [0.29, 0.717) is 11.4 Å². The van der Waals surface area contributed by atoms with E-state index in [9.17, 15) is 24.5 Å². The van der Waals surface area contributed by atoms with Gasteiger partial charge in [0, 0.05) is 12.1 Å². The molecule has 2 aromatic carbocycles. The summed E-state index contributed by atoms with van der Waals surface area (Å²) in [5.74, 6) is -1.89. The standard InChI is InChI=1S/C20H20N4O6/c1-11(30-18(26)13-9-8-12(24(28)29)10-14(13)21)17(25)23-16-7-5-4-6-15(16)22-19(27)20(23,2)3/h4-11H,21H2,1-3H3,(H,22,27)/t11-/m0/s1. The summed E-state index contributed by atoms with van der Waals surface area (Å²) in [6.45, 7) is 4.55. The molecule has 1 aliphatic heterocycles. The highest BCUT2D eigenvalue weighted by Crippen LogP contribution is 2.37. The maximum atomic E-state index is 13.2. The molecule has 1 heterocycles. The number of hydrogen-bond acceptors (Lipinski definition) is 7. The first-order valence-corrected chi connectivity index (χ1v) is 9.03. The lowest BCUT2D eigenvalue weighted by atomic mass is 9.95. The quantitative estimate of drug-likeness (QED) is 0.339. The Hall–Kier alpha value is -3.95. The fourth-order valence-corrected chi connectivity index (χ4v) is 3.15. The molecule has 0 aliphatic carbocycles. The van der Waals surface area contributed by atoms with E-state index in [4.69, 9.17) is 10.5 Å². The highest BCUT2D eigenvalue weighted by atomic mass is 16.6. The summed E-state index contributed by atoms with van der Waals surface area (Å²) in [7, 11) is 0. The molecule has 3 N–H and O–H groups in total. The van der Waals surface area contributed by atoms with Gasteiger partial charge in [-0.2, -0.15) is 0 Å². The maximum absolute atomic E-state index is 13.2. The number of amides is 2. The number of benzene rings is 2. The highest BCUT2D eigenvalue weighted by molar-refractivity contribution is 6.15. The van der Waals surface area contributed by atoms with E-state index >= 15 is 0 Å². The summed E-state index contributed by atoms with van der Waals surface area (Å²) in [5, 5.41) is 13.6. The van der Waals surface area contributed by atoms with E-state index in [1.165, 1.54) is 17.9 Å². The second kappa shape index (κ2) is 7.47. The van der Waals surface area contributed by atoms with Crippen LogP contribution in [0.4, 0.5) is 22.7 Å². The molecule has 3 rings (SSSR count). The van der Waals surface area contributed by atoms with E-state index in [-0.39, 0.29) is 22.8 Å². The van der Waals surface area contributed by atoms with Gasteiger partial charge in [0.15, 0.2) is 6.10 Å². The van der Waals surface area contributed by atoms with Crippen molar-refractivity contribution in [2.45, 2.75) is 32.4 Å². The summed E-state index contributed by atoms with van der Waals surface area (Å²) in [4.78, 5) is 49.6. The van der Waals surface area contributed by atoms with Gasteiger partial charge in [0.2, 0.25) is 5.91 Å². The average Bonchev–Trinajstić information content (AvgIpc) is 2.68. The van der Waals surface area contributed by atoms with Crippen molar-refractivity contribution in [2.24, 2.45) is 0 Å². The summed E-state index contributed by atoms with van der Waals surface area (Å²) in [5.41, 5.74) is 4.93. The van der Waals surface area contributed by atoms with Crippen molar-refractivity contribution in [1.82, 2.24) is 0 Å². The van der Waals surface area contributed by atoms with E-state index < -0.39 is 28.4 Å². The van der Waals surface area contributed by atoms with Crippen LogP contribution in [0.5, 0.6) is 0 Å². The van der Waals surface area contributed by atoms with Crippen LogP contribution in [0.1, 0.15) is 31.1 Å². The minimum absolute atomic E-state index is 0.101. The topological polar surface area (TPSA) is 145 Å². The zero-order valence-electron chi connectivity index (χ0n) is 16.5. The Morgan fingerprint density at radius 2 is 1.90 bits per heavy atom. The Bertz CT molecular complexity index is 1070. The third kappa shape index (κ3) is 3.54. The molecule has 30 heavy (non-hydrogen) atoms. The molecule has 10 heteroatoms. The van der Waals surface area contributed by atoms with Gasteiger partial charge in [0.05, 0.1) is 27.5 Å². The smallest absolute Gasteiger partial charge is 0.341 e. The molecule has 2 aromatic rings. The predicted octanol–water partition coefficient (Wildman–Crippen LogP) is 2.49. The van der Waals surface area contributed by atoms with E-state index in [1.807, 2.05) is 0 Å². The SMILES string of the molecule is C[C@H](OC(=O)c1ccc([N+](=O)[O-])cc1N)C(=O)N1c2ccccc2NC(=O)C1(C)C. The Balaban J connectivity index is 1.86. The van der Waals surface area contributed by atoms with Crippen molar-refractivity contribution in [1.29, 1.82) is 0 Å². The van der Waals surface area contributed by atoms with Crippen LogP contribution in [0.25, 0.3) is 0 Å². The van der Waals surface area contributed by atoms with E-state index in [2.05, 4.69) is 5.32 Å². The molecular weight excluding hydrogens is 392 g/mol. The molecule has 1 aliphatic rings. The molecule has 0 spiro atoms. The van der Waals surface area contributed by atoms with Crippen molar-refractivity contribution in [2.75, 3.05) is 16.0 Å². The number of esters is 1. The second-order valence-electron chi connectivity index (χ2n) is 7.28. The minimum Gasteiger partial charge on any atom is -0.449 e. The van der Waals surface area contributed by atoms with Crippen molar-refractivity contribution in [3.05, 3.63) is 58.1 Å². The summed E-state index contributed by atoms with van der Waals surface area (Å²) in [6.07, 6.45) is -1.25. The molecule has 10 nitrogen and oxygen atoms in total. The van der Waals surface area contributed by atoms with Crippen LogP contribution >= 0.6 is 0 Å². The number of nitrogens with zero attached hydrogens (tertiary/aromatic N) is 2. The van der Waals surface area contributed by atoms with Gasteiger partial charge in [-0.25, -0.2) is 4.79 Å². The first-order chi connectivity index (χ1) is 14.0. The van der Waals surface area contributed by atoms with Gasteiger partial charge in [-0.3, -0.25) is 24.6 Å². The molecule has 0 unspecified atom stereocenters. The number of nitro groups is 1. The third-order valence-corrected chi connectivity index (χ3v) is 4.83. The largest absolute Gasteiger partial charge is 0.449 e. The fourth-order valence-electron chi connectivity index (χ4n) is 3.15. The molecule has 1 atom stereocenters. The Labute approximate surface area is 171 Å². The average molecular weight is 412 g/mol. The van der Waals surface area contributed by atoms with Crippen LogP contribution in [0.15, 0.2) is 42.5 Å². The van der Waals surface area contributed by atoms with Gasteiger partial charge in [0.1, 0.15) is 5.54 Å². The van der Waals surface area contributed by atoms with Crippen LogP contribution < -0.4 is 16.0 Å². The lowest BCUT2D eigenvalue weighted by Gasteiger charge is -2.42. The Kier molecular flexibility index (Phi) is 5.17. The summed E-state index contributed by atoms with van der Waals surface area (Å²) < 4.78 is 5.26.